The Hall–Kier alpha value is -2.18. The van der Waals surface area contributed by atoms with E-state index < -0.39 is 0 Å². The summed E-state index contributed by atoms with van der Waals surface area (Å²) in [5.74, 6) is 0.0444. The number of nitrogens with zero attached hydrogens (tertiary/aromatic N) is 3. The molecule has 1 unspecified atom stereocenters. The van der Waals surface area contributed by atoms with Gasteiger partial charge in [-0.15, -0.1) is 0 Å². The summed E-state index contributed by atoms with van der Waals surface area (Å²) in [5.41, 5.74) is 2.36. The van der Waals surface area contributed by atoms with Crippen LogP contribution < -0.4 is 0 Å². The van der Waals surface area contributed by atoms with Crippen molar-refractivity contribution in [3.05, 3.63) is 42.1 Å². The van der Waals surface area contributed by atoms with Gasteiger partial charge in [0.25, 0.3) is 5.91 Å². The number of hydrogen-bond donors (Lipinski definition) is 1. The monoisotopic (exact) mass is 408 g/mol. The molecule has 6 heteroatoms. The number of piperidine rings is 2. The highest BCUT2D eigenvalue weighted by Crippen LogP contribution is 2.37. The Morgan fingerprint density at radius 1 is 1.07 bits per heavy atom. The second kappa shape index (κ2) is 8.52. The quantitative estimate of drug-likeness (QED) is 0.841. The van der Waals surface area contributed by atoms with Crippen molar-refractivity contribution < 1.29 is 9.53 Å². The molecule has 3 fully saturated rings. The topological polar surface area (TPSA) is 61.5 Å². The van der Waals surface area contributed by atoms with Crippen molar-refractivity contribution in [1.82, 2.24) is 20.0 Å². The van der Waals surface area contributed by atoms with Crippen molar-refractivity contribution >= 4 is 5.91 Å². The lowest BCUT2D eigenvalue weighted by Crippen LogP contribution is -2.55. The van der Waals surface area contributed by atoms with Gasteiger partial charge in [0, 0.05) is 31.3 Å². The molecule has 0 radical (unpaired) electrons. The van der Waals surface area contributed by atoms with Crippen LogP contribution in [0.15, 0.2) is 36.4 Å². The van der Waals surface area contributed by atoms with Gasteiger partial charge < -0.3 is 14.5 Å². The van der Waals surface area contributed by atoms with Crippen LogP contribution in [0, 0.1) is 0 Å². The molecule has 6 nitrogen and oxygen atoms in total. The van der Waals surface area contributed by atoms with Crippen molar-refractivity contribution in [3.8, 4) is 11.3 Å². The molecular weight excluding hydrogens is 376 g/mol. The third-order valence-corrected chi connectivity index (χ3v) is 7.21. The average molecular weight is 409 g/mol. The van der Waals surface area contributed by atoms with Crippen LogP contribution >= 0.6 is 0 Å². The molecular formula is C24H32N4O2. The van der Waals surface area contributed by atoms with Crippen molar-refractivity contribution in [2.75, 3.05) is 32.8 Å². The van der Waals surface area contributed by atoms with Gasteiger partial charge in [0.2, 0.25) is 0 Å². The van der Waals surface area contributed by atoms with E-state index >= 15 is 0 Å². The Balaban J connectivity index is 1.20. The lowest BCUT2D eigenvalue weighted by Gasteiger charge is -2.49. The van der Waals surface area contributed by atoms with E-state index in [9.17, 15) is 4.79 Å². The maximum Gasteiger partial charge on any atom is 0.271 e. The molecule has 160 valence electrons. The molecule has 0 bridgehead atoms. The molecule has 0 saturated carbocycles. The average Bonchev–Trinajstić information content (AvgIpc) is 3.31. The summed E-state index contributed by atoms with van der Waals surface area (Å²) < 4.78 is 6.34. The van der Waals surface area contributed by atoms with Gasteiger partial charge in [0.1, 0.15) is 5.69 Å². The molecule has 4 heterocycles. The van der Waals surface area contributed by atoms with E-state index in [0.29, 0.717) is 11.7 Å². The summed E-state index contributed by atoms with van der Waals surface area (Å²) in [7, 11) is 0. The molecule has 0 aliphatic carbocycles. The Labute approximate surface area is 178 Å². The number of ether oxygens (including phenoxy) is 1. The van der Waals surface area contributed by atoms with Gasteiger partial charge in [0.15, 0.2) is 0 Å². The Morgan fingerprint density at radius 2 is 1.83 bits per heavy atom. The first-order valence-corrected chi connectivity index (χ1v) is 11.5. The van der Waals surface area contributed by atoms with Gasteiger partial charge >= 0.3 is 0 Å². The predicted octanol–water partition coefficient (Wildman–Crippen LogP) is 3.72. The van der Waals surface area contributed by atoms with Gasteiger partial charge in [-0.25, -0.2) is 0 Å². The fraction of sp³-hybridized carbons (Fsp3) is 0.583. The van der Waals surface area contributed by atoms with Crippen LogP contribution in [-0.2, 0) is 4.74 Å². The molecule has 1 aromatic heterocycles. The Bertz CT molecular complexity index is 851. The van der Waals surface area contributed by atoms with E-state index in [1.54, 1.807) is 0 Å². The normalized spacial score (nSPS) is 24.8. The fourth-order valence-electron chi connectivity index (χ4n) is 5.42. The third kappa shape index (κ3) is 4.03. The largest absolute Gasteiger partial charge is 0.375 e. The molecule has 30 heavy (non-hydrogen) atoms. The summed E-state index contributed by atoms with van der Waals surface area (Å²) in [6.07, 6.45) is 8.19. The van der Waals surface area contributed by atoms with Gasteiger partial charge in [0.05, 0.1) is 11.3 Å². The Morgan fingerprint density at radius 3 is 2.60 bits per heavy atom. The number of hydrogen-bond acceptors (Lipinski definition) is 4. The van der Waals surface area contributed by atoms with E-state index in [1.807, 2.05) is 41.3 Å². The van der Waals surface area contributed by atoms with Crippen molar-refractivity contribution in [1.29, 1.82) is 0 Å². The molecule has 1 amide bonds. The number of aromatic nitrogens is 2. The highest BCUT2D eigenvalue weighted by atomic mass is 16.5. The molecule has 5 rings (SSSR count). The number of carbonyl (C=O) groups excluding carboxylic acids is 1. The summed E-state index contributed by atoms with van der Waals surface area (Å²) in [4.78, 5) is 17.7. The zero-order valence-corrected chi connectivity index (χ0v) is 17.7. The second-order valence-electron chi connectivity index (χ2n) is 9.10. The van der Waals surface area contributed by atoms with Gasteiger partial charge in [-0.1, -0.05) is 36.8 Å². The van der Waals surface area contributed by atoms with E-state index in [1.165, 1.54) is 32.4 Å². The standard InChI is InChI=1S/C24H32N4O2/c29-23(22-17-21(25-26-22)19-7-3-1-4-8-19)28-14-10-24(11-15-28)18-20(9-16-30-24)27-12-5-2-6-13-27/h1,3-4,7-8,17,20H,2,5-6,9-16,18H2,(H,25,26). The van der Waals surface area contributed by atoms with Crippen molar-refractivity contribution in [2.45, 2.75) is 56.6 Å². The smallest absolute Gasteiger partial charge is 0.271 e. The van der Waals surface area contributed by atoms with E-state index in [2.05, 4.69) is 15.1 Å². The number of benzene rings is 1. The number of H-pyrrole nitrogens is 1. The molecule has 1 N–H and O–H groups in total. The number of nitrogens with one attached hydrogen (secondary N) is 1. The molecule has 1 spiro atoms. The van der Waals surface area contributed by atoms with Gasteiger partial charge in [-0.05, 0) is 57.7 Å². The molecule has 2 aromatic rings. The number of rotatable bonds is 3. The van der Waals surface area contributed by atoms with Crippen LogP contribution in [0.3, 0.4) is 0 Å². The molecule has 1 atom stereocenters. The van der Waals surface area contributed by atoms with E-state index in [4.69, 9.17) is 4.74 Å². The summed E-state index contributed by atoms with van der Waals surface area (Å²) in [6.45, 7) is 4.86. The van der Waals surface area contributed by atoms with Crippen LogP contribution in [0.2, 0.25) is 0 Å². The van der Waals surface area contributed by atoms with Crippen LogP contribution in [0.5, 0.6) is 0 Å². The first-order chi connectivity index (χ1) is 14.7. The minimum Gasteiger partial charge on any atom is -0.375 e. The second-order valence-corrected chi connectivity index (χ2v) is 9.10. The van der Waals surface area contributed by atoms with Crippen molar-refractivity contribution in [2.24, 2.45) is 0 Å². The minimum absolute atomic E-state index is 0.0413. The molecule has 3 saturated heterocycles. The number of likely N-dealkylation sites (tertiary alicyclic amines) is 2. The lowest BCUT2D eigenvalue weighted by molar-refractivity contribution is -0.131. The fourth-order valence-corrected chi connectivity index (χ4v) is 5.42. The van der Waals surface area contributed by atoms with Gasteiger partial charge in [-0.3, -0.25) is 9.89 Å². The maximum atomic E-state index is 13.0. The predicted molar refractivity (Wildman–Crippen MR) is 116 cm³/mol. The highest BCUT2D eigenvalue weighted by molar-refractivity contribution is 5.93. The molecule has 3 aliphatic rings. The Kier molecular flexibility index (Phi) is 5.61. The SMILES string of the molecule is O=C(c1cc(-c2ccccc2)n[nH]1)N1CCC2(CC1)CC(N1CCCCC1)CCO2. The summed E-state index contributed by atoms with van der Waals surface area (Å²) >= 11 is 0. The van der Waals surface area contributed by atoms with E-state index in [-0.39, 0.29) is 11.5 Å². The lowest BCUT2D eigenvalue weighted by atomic mass is 9.81. The van der Waals surface area contributed by atoms with E-state index in [0.717, 1.165) is 56.6 Å². The highest BCUT2D eigenvalue weighted by Gasteiger charge is 2.42. The summed E-state index contributed by atoms with van der Waals surface area (Å²) in [6, 6.07) is 12.5. The first-order valence-electron chi connectivity index (χ1n) is 11.5. The summed E-state index contributed by atoms with van der Waals surface area (Å²) in [5, 5.41) is 7.29. The van der Waals surface area contributed by atoms with Gasteiger partial charge in [-0.2, -0.15) is 5.10 Å². The maximum absolute atomic E-state index is 13.0. The number of aromatic amines is 1. The van der Waals surface area contributed by atoms with Crippen LogP contribution in [0.4, 0.5) is 0 Å². The van der Waals surface area contributed by atoms with Crippen LogP contribution in [0.1, 0.15) is 55.4 Å². The number of amides is 1. The zero-order chi connectivity index (χ0) is 20.4. The molecule has 1 aromatic carbocycles. The number of carbonyl (C=O) groups is 1. The molecule has 3 aliphatic heterocycles. The van der Waals surface area contributed by atoms with Crippen molar-refractivity contribution in [3.63, 3.8) is 0 Å². The minimum atomic E-state index is -0.0413. The third-order valence-electron chi connectivity index (χ3n) is 7.21. The first kappa shape index (κ1) is 19.8. The zero-order valence-electron chi connectivity index (χ0n) is 17.7. The van der Waals surface area contributed by atoms with Crippen LogP contribution in [0.25, 0.3) is 11.3 Å². The van der Waals surface area contributed by atoms with Crippen LogP contribution in [-0.4, -0.2) is 70.3 Å².